The van der Waals surface area contributed by atoms with Crippen LogP contribution in [0.3, 0.4) is 0 Å². The topological polar surface area (TPSA) is 64.1 Å². The molecule has 3 aromatic rings. The van der Waals surface area contributed by atoms with E-state index in [-0.39, 0.29) is 11.6 Å². The molecule has 0 radical (unpaired) electrons. The Hall–Kier alpha value is -3.02. The minimum absolute atomic E-state index is 0.283. The number of hydrogen-bond acceptors (Lipinski definition) is 5. The fraction of sp³-hybridized carbons (Fsp3) is 0.167. The minimum Gasteiger partial charge on any atom is -0.423 e. The average molecular weight is 325 g/mol. The van der Waals surface area contributed by atoms with Crippen LogP contribution in [0.15, 0.2) is 48.7 Å². The lowest BCUT2D eigenvalue weighted by Gasteiger charge is -2.07. The fourth-order valence-electron chi connectivity index (χ4n) is 2.15. The molecule has 0 saturated carbocycles. The Morgan fingerprint density at radius 1 is 1.17 bits per heavy atom. The lowest BCUT2D eigenvalue weighted by atomic mass is 10.2. The SMILES string of the molecule is CCCNc1cnc2ccc(C(=O)Oc3ccc(F)cc3)cc2n1. The van der Waals surface area contributed by atoms with Gasteiger partial charge in [-0.3, -0.25) is 4.98 Å². The Labute approximate surface area is 138 Å². The number of nitrogens with zero attached hydrogens (tertiary/aromatic N) is 2. The molecule has 1 N–H and O–H groups in total. The summed E-state index contributed by atoms with van der Waals surface area (Å²) in [6, 6.07) is 10.3. The van der Waals surface area contributed by atoms with Crippen molar-refractivity contribution in [2.45, 2.75) is 13.3 Å². The molecule has 0 fully saturated rings. The average Bonchev–Trinajstić information content (AvgIpc) is 2.61. The highest BCUT2D eigenvalue weighted by molar-refractivity contribution is 5.94. The molecule has 24 heavy (non-hydrogen) atoms. The summed E-state index contributed by atoms with van der Waals surface area (Å²) in [5.74, 6) is 0.0273. The highest BCUT2D eigenvalue weighted by Crippen LogP contribution is 2.17. The first-order valence-electron chi connectivity index (χ1n) is 7.64. The third-order valence-electron chi connectivity index (χ3n) is 3.36. The predicted molar refractivity (Wildman–Crippen MR) is 89.7 cm³/mol. The van der Waals surface area contributed by atoms with Gasteiger partial charge in [0.2, 0.25) is 0 Å². The highest BCUT2D eigenvalue weighted by atomic mass is 19.1. The molecule has 2 aromatic carbocycles. The van der Waals surface area contributed by atoms with Gasteiger partial charge >= 0.3 is 5.97 Å². The molecule has 0 unspecified atom stereocenters. The van der Waals surface area contributed by atoms with Gasteiger partial charge < -0.3 is 10.1 Å². The van der Waals surface area contributed by atoms with Crippen molar-refractivity contribution in [3.63, 3.8) is 0 Å². The van der Waals surface area contributed by atoms with Crippen molar-refractivity contribution in [3.8, 4) is 5.75 Å². The first kappa shape index (κ1) is 15.9. The van der Waals surface area contributed by atoms with E-state index in [1.165, 1.54) is 24.3 Å². The van der Waals surface area contributed by atoms with Gasteiger partial charge in [0, 0.05) is 6.54 Å². The summed E-state index contributed by atoms with van der Waals surface area (Å²) in [6.07, 6.45) is 2.64. The molecule has 0 amide bonds. The van der Waals surface area contributed by atoms with E-state index in [0.29, 0.717) is 22.4 Å². The molecule has 1 heterocycles. The molecular formula is C18H16FN3O2. The zero-order valence-corrected chi connectivity index (χ0v) is 13.1. The largest absolute Gasteiger partial charge is 0.423 e. The lowest BCUT2D eigenvalue weighted by Crippen LogP contribution is -2.09. The Morgan fingerprint density at radius 2 is 1.96 bits per heavy atom. The fourth-order valence-corrected chi connectivity index (χ4v) is 2.15. The summed E-state index contributed by atoms with van der Waals surface area (Å²) in [4.78, 5) is 21.0. The molecule has 0 bridgehead atoms. The van der Waals surface area contributed by atoms with Crippen molar-refractivity contribution in [2.75, 3.05) is 11.9 Å². The normalized spacial score (nSPS) is 10.6. The number of ether oxygens (including phenoxy) is 1. The zero-order chi connectivity index (χ0) is 16.9. The van der Waals surface area contributed by atoms with Crippen LogP contribution in [0.2, 0.25) is 0 Å². The van der Waals surface area contributed by atoms with Gasteiger partial charge in [-0.05, 0) is 48.9 Å². The number of fused-ring (bicyclic) bond motifs is 1. The number of benzene rings is 2. The third-order valence-corrected chi connectivity index (χ3v) is 3.36. The molecule has 0 aliphatic heterocycles. The van der Waals surface area contributed by atoms with E-state index in [9.17, 15) is 9.18 Å². The molecule has 6 heteroatoms. The monoisotopic (exact) mass is 325 g/mol. The lowest BCUT2D eigenvalue weighted by molar-refractivity contribution is 0.0734. The van der Waals surface area contributed by atoms with Gasteiger partial charge in [0.05, 0.1) is 22.8 Å². The van der Waals surface area contributed by atoms with Crippen molar-refractivity contribution in [2.24, 2.45) is 0 Å². The minimum atomic E-state index is -0.530. The molecule has 5 nitrogen and oxygen atoms in total. The van der Waals surface area contributed by atoms with Crippen LogP contribution in [0, 0.1) is 5.82 Å². The second kappa shape index (κ2) is 7.04. The van der Waals surface area contributed by atoms with E-state index in [1.807, 2.05) is 0 Å². The standard InChI is InChI=1S/C18H16FN3O2/c1-2-9-20-17-11-21-15-8-3-12(10-16(15)22-17)18(23)24-14-6-4-13(19)5-7-14/h3-8,10-11H,2,9H2,1H3,(H,20,22). The number of esters is 1. The summed E-state index contributed by atoms with van der Waals surface area (Å²) in [7, 11) is 0. The van der Waals surface area contributed by atoms with E-state index < -0.39 is 5.97 Å². The maximum atomic E-state index is 12.9. The van der Waals surface area contributed by atoms with Crippen LogP contribution in [0.5, 0.6) is 5.75 Å². The van der Waals surface area contributed by atoms with Crippen LogP contribution in [-0.4, -0.2) is 22.5 Å². The quantitative estimate of drug-likeness (QED) is 0.571. The van der Waals surface area contributed by atoms with Gasteiger partial charge in [-0.1, -0.05) is 6.92 Å². The van der Waals surface area contributed by atoms with Crippen molar-refractivity contribution >= 4 is 22.8 Å². The van der Waals surface area contributed by atoms with E-state index in [2.05, 4.69) is 22.2 Å². The molecule has 0 aliphatic carbocycles. The van der Waals surface area contributed by atoms with E-state index in [4.69, 9.17) is 4.74 Å². The van der Waals surface area contributed by atoms with Crippen molar-refractivity contribution in [1.29, 1.82) is 0 Å². The number of carbonyl (C=O) groups is 1. The third kappa shape index (κ3) is 3.65. The number of rotatable bonds is 5. The Kier molecular flexibility index (Phi) is 4.65. The second-order valence-electron chi connectivity index (χ2n) is 5.23. The molecule has 3 rings (SSSR count). The van der Waals surface area contributed by atoms with Crippen LogP contribution < -0.4 is 10.1 Å². The summed E-state index contributed by atoms with van der Waals surface area (Å²) in [5, 5.41) is 3.15. The maximum absolute atomic E-state index is 12.9. The van der Waals surface area contributed by atoms with E-state index >= 15 is 0 Å². The van der Waals surface area contributed by atoms with Gasteiger partial charge in [-0.25, -0.2) is 14.2 Å². The summed E-state index contributed by atoms with van der Waals surface area (Å²) >= 11 is 0. The zero-order valence-electron chi connectivity index (χ0n) is 13.1. The van der Waals surface area contributed by atoms with E-state index in [0.717, 1.165) is 13.0 Å². The van der Waals surface area contributed by atoms with E-state index in [1.54, 1.807) is 24.4 Å². The molecule has 0 atom stereocenters. The van der Waals surface area contributed by atoms with Crippen molar-refractivity contribution < 1.29 is 13.9 Å². The number of halogens is 1. The van der Waals surface area contributed by atoms with Crippen LogP contribution in [-0.2, 0) is 0 Å². The first-order valence-corrected chi connectivity index (χ1v) is 7.64. The number of aromatic nitrogens is 2. The molecular weight excluding hydrogens is 309 g/mol. The summed E-state index contributed by atoms with van der Waals surface area (Å²) in [5.41, 5.74) is 1.65. The van der Waals surface area contributed by atoms with Crippen LogP contribution in [0.1, 0.15) is 23.7 Å². The Morgan fingerprint density at radius 3 is 2.71 bits per heavy atom. The number of carbonyl (C=O) groups excluding carboxylic acids is 1. The number of nitrogens with one attached hydrogen (secondary N) is 1. The van der Waals surface area contributed by atoms with Crippen LogP contribution in [0.4, 0.5) is 10.2 Å². The number of anilines is 1. The van der Waals surface area contributed by atoms with Gasteiger partial charge in [0.15, 0.2) is 0 Å². The predicted octanol–water partition coefficient (Wildman–Crippen LogP) is 3.81. The Balaban J connectivity index is 1.82. The van der Waals surface area contributed by atoms with Gasteiger partial charge in [-0.15, -0.1) is 0 Å². The summed E-state index contributed by atoms with van der Waals surface area (Å²) < 4.78 is 18.1. The molecule has 0 saturated heterocycles. The smallest absolute Gasteiger partial charge is 0.343 e. The van der Waals surface area contributed by atoms with Gasteiger partial charge in [-0.2, -0.15) is 0 Å². The second-order valence-corrected chi connectivity index (χ2v) is 5.23. The molecule has 1 aromatic heterocycles. The van der Waals surface area contributed by atoms with Crippen LogP contribution in [0.25, 0.3) is 11.0 Å². The van der Waals surface area contributed by atoms with Crippen molar-refractivity contribution in [1.82, 2.24) is 9.97 Å². The van der Waals surface area contributed by atoms with Gasteiger partial charge in [0.1, 0.15) is 17.4 Å². The Bertz CT molecular complexity index is 866. The van der Waals surface area contributed by atoms with Crippen molar-refractivity contribution in [3.05, 3.63) is 60.0 Å². The maximum Gasteiger partial charge on any atom is 0.343 e. The highest BCUT2D eigenvalue weighted by Gasteiger charge is 2.11. The van der Waals surface area contributed by atoms with Gasteiger partial charge in [0.25, 0.3) is 0 Å². The summed E-state index contributed by atoms with van der Waals surface area (Å²) in [6.45, 7) is 2.86. The molecule has 122 valence electrons. The number of hydrogen-bond donors (Lipinski definition) is 1. The molecule has 0 spiro atoms. The first-order chi connectivity index (χ1) is 11.7. The molecule has 0 aliphatic rings. The van der Waals surface area contributed by atoms with Crippen LogP contribution >= 0.6 is 0 Å².